The average molecular weight is 729 g/mol. The van der Waals surface area contributed by atoms with Crippen LogP contribution in [0.3, 0.4) is 0 Å². The van der Waals surface area contributed by atoms with E-state index in [1.165, 1.54) is 12.1 Å². The Labute approximate surface area is 277 Å². The molecule has 0 amide bonds. The molecule has 1 unspecified atom stereocenters. The number of aliphatic hydroxyl groups excluding tert-OH is 1. The monoisotopic (exact) mass is 727 g/mol. The predicted octanol–water partition coefficient (Wildman–Crippen LogP) is 0.719. The van der Waals surface area contributed by atoms with E-state index in [0.717, 1.165) is 65.7 Å². The minimum atomic E-state index is -4.37. The molecule has 4 heterocycles. The molecule has 1 aromatic heterocycles. The number of nitriles is 1. The molecule has 7 rings (SSSR count). The first-order valence-corrected chi connectivity index (χ1v) is 14.4. The molecule has 0 saturated carbocycles. The Morgan fingerprint density at radius 3 is 2.43 bits per heavy atom. The number of quaternary nitrogens is 1. The van der Waals surface area contributed by atoms with Gasteiger partial charge < -0.3 is 43.6 Å². The Morgan fingerprint density at radius 2 is 1.73 bits per heavy atom. The Balaban J connectivity index is 0.00000221. The number of halogens is 5. The van der Waals surface area contributed by atoms with E-state index in [9.17, 15) is 23.5 Å². The van der Waals surface area contributed by atoms with E-state index >= 15 is 0 Å². The van der Waals surface area contributed by atoms with E-state index in [2.05, 4.69) is 18.7 Å². The molecule has 230 valence electrons. The van der Waals surface area contributed by atoms with Crippen molar-refractivity contribution in [3.63, 3.8) is 0 Å². The second kappa shape index (κ2) is 13.5. The summed E-state index contributed by atoms with van der Waals surface area (Å²) in [6, 6.07) is 25.2. The number of aliphatic hydroxyl groups is 1. The molecule has 1 N–H and O–H groups in total. The van der Waals surface area contributed by atoms with E-state index in [4.69, 9.17) is 0 Å². The van der Waals surface area contributed by atoms with Crippen molar-refractivity contribution in [3.8, 4) is 6.07 Å². The summed E-state index contributed by atoms with van der Waals surface area (Å²) in [5, 5.41) is 22.9. The van der Waals surface area contributed by atoms with Gasteiger partial charge in [-0.05, 0) is 30.2 Å². The number of rotatable bonds is 7. The number of alkyl halides is 3. The van der Waals surface area contributed by atoms with Crippen LogP contribution in [0.5, 0.6) is 0 Å². The van der Waals surface area contributed by atoms with Crippen molar-refractivity contribution in [1.29, 1.82) is 5.26 Å². The summed E-state index contributed by atoms with van der Waals surface area (Å²) in [7, 11) is 0. The topological polar surface area (TPSA) is 47.9 Å². The van der Waals surface area contributed by atoms with Crippen LogP contribution >= 0.6 is 0 Å². The fourth-order valence-corrected chi connectivity index (χ4v) is 7.40. The Kier molecular flexibility index (Phi) is 10.4. The number of piperidine rings is 3. The SMILES string of the molecule is C=C[C@H]1C[N+]2(Cc3ccccc3C#N)CC[C@H]1C[C@H]2[C@H](O)c1cc[n+](Cc2ccc(C(F)(F)F)cc2)c2ccccc12.[Br-].[Br-]. The number of benzene rings is 3. The lowest BCUT2D eigenvalue weighted by Crippen LogP contribution is -3.00. The zero-order chi connectivity index (χ0) is 29.5. The standard InChI is InChI=1S/C35H34F3N3O.2BrH/c1-2-25-22-41(23-28-8-4-3-7-27(28)20-39)18-16-26(25)19-33(41)34(42)31-15-17-40(32-10-6-5-9-30(31)32)21-24-11-13-29(14-12-24)35(36,37)38;;/h2-15,17,25-26,33-34,42H,1,16,18-19,21-23H2;2*1H/q+2;;/p-2/t25-,26-,33-,34+,41?;;/m0../s1. The molecule has 3 saturated heterocycles. The van der Waals surface area contributed by atoms with Crippen LogP contribution in [-0.2, 0) is 19.3 Å². The molecule has 3 fully saturated rings. The van der Waals surface area contributed by atoms with Gasteiger partial charge in [0.05, 0.1) is 35.7 Å². The second-order valence-electron chi connectivity index (χ2n) is 11.9. The Morgan fingerprint density at radius 1 is 1.02 bits per heavy atom. The molecule has 4 aromatic rings. The summed E-state index contributed by atoms with van der Waals surface area (Å²) in [5.74, 6) is 0.836. The minimum absolute atomic E-state index is 0. The first kappa shape index (κ1) is 33.9. The van der Waals surface area contributed by atoms with Gasteiger partial charge in [-0.15, -0.1) is 6.58 Å². The molecule has 3 aliphatic rings. The minimum Gasteiger partial charge on any atom is -1.00 e. The molecule has 2 bridgehead atoms. The van der Waals surface area contributed by atoms with Gasteiger partial charge in [0.2, 0.25) is 5.52 Å². The van der Waals surface area contributed by atoms with Crippen molar-refractivity contribution >= 4 is 10.9 Å². The van der Waals surface area contributed by atoms with Gasteiger partial charge in [-0.1, -0.05) is 48.5 Å². The second-order valence-corrected chi connectivity index (χ2v) is 11.9. The molecule has 0 spiro atoms. The van der Waals surface area contributed by atoms with Gasteiger partial charge in [-0.25, -0.2) is 0 Å². The molecule has 9 heteroatoms. The zero-order valence-corrected chi connectivity index (χ0v) is 27.3. The molecular weight excluding hydrogens is 695 g/mol. The third kappa shape index (κ3) is 6.36. The summed E-state index contributed by atoms with van der Waals surface area (Å²) in [5.41, 5.74) is 3.55. The average Bonchev–Trinajstić information content (AvgIpc) is 3.01. The summed E-state index contributed by atoms with van der Waals surface area (Å²) < 4.78 is 41.9. The van der Waals surface area contributed by atoms with Gasteiger partial charge in [-0.3, -0.25) is 0 Å². The molecule has 44 heavy (non-hydrogen) atoms. The maximum atomic E-state index is 13.1. The quantitative estimate of drug-likeness (QED) is 0.174. The number of aromatic nitrogens is 1. The highest BCUT2D eigenvalue weighted by Crippen LogP contribution is 2.48. The van der Waals surface area contributed by atoms with Crippen molar-refractivity contribution in [2.45, 2.75) is 44.3 Å². The first-order chi connectivity index (χ1) is 20.2. The van der Waals surface area contributed by atoms with Gasteiger partial charge in [-0.2, -0.15) is 23.0 Å². The van der Waals surface area contributed by atoms with Gasteiger partial charge in [0.25, 0.3) is 0 Å². The van der Waals surface area contributed by atoms with Crippen molar-refractivity contribution in [1.82, 2.24) is 0 Å². The number of nitrogens with zero attached hydrogens (tertiary/aromatic N) is 3. The van der Waals surface area contributed by atoms with Crippen molar-refractivity contribution in [2.75, 3.05) is 13.1 Å². The number of hydrogen-bond donors (Lipinski definition) is 1. The maximum Gasteiger partial charge on any atom is 0.416 e. The predicted molar refractivity (Wildman–Crippen MR) is 155 cm³/mol. The van der Waals surface area contributed by atoms with Crippen molar-refractivity contribution < 1.29 is 61.3 Å². The molecule has 3 aromatic carbocycles. The van der Waals surface area contributed by atoms with Crippen LogP contribution in [0, 0.1) is 23.2 Å². The van der Waals surface area contributed by atoms with Crippen molar-refractivity contribution in [3.05, 3.63) is 126 Å². The summed E-state index contributed by atoms with van der Waals surface area (Å²) in [6.45, 7) is 7.04. The highest BCUT2D eigenvalue weighted by Gasteiger charge is 2.54. The normalized spacial score (nSPS) is 23.2. The van der Waals surface area contributed by atoms with E-state index < -0.39 is 17.8 Å². The molecule has 4 nitrogen and oxygen atoms in total. The highest BCUT2D eigenvalue weighted by atomic mass is 79.9. The van der Waals surface area contributed by atoms with Crippen LogP contribution in [0.4, 0.5) is 13.2 Å². The van der Waals surface area contributed by atoms with Crippen molar-refractivity contribution in [2.24, 2.45) is 11.8 Å². The van der Waals surface area contributed by atoms with Crippen LogP contribution in [-0.4, -0.2) is 28.7 Å². The van der Waals surface area contributed by atoms with E-state index in [1.54, 1.807) is 0 Å². The molecule has 0 radical (unpaired) electrons. The first-order valence-electron chi connectivity index (χ1n) is 14.4. The summed E-state index contributed by atoms with van der Waals surface area (Å²) in [4.78, 5) is 0. The fourth-order valence-electron chi connectivity index (χ4n) is 7.40. The molecule has 0 aliphatic carbocycles. The van der Waals surface area contributed by atoms with Gasteiger partial charge in [0.1, 0.15) is 18.7 Å². The van der Waals surface area contributed by atoms with Crippen LogP contribution in [0.2, 0.25) is 0 Å². The number of fused-ring (bicyclic) bond motifs is 4. The van der Waals surface area contributed by atoms with E-state index in [-0.39, 0.29) is 40.0 Å². The third-order valence-corrected chi connectivity index (χ3v) is 9.57. The summed E-state index contributed by atoms with van der Waals surface area (Å²) in [6.07, 6.45) is 0.846. The van der Waals surface area contributed by atoms with Crippen LogP contribution in [0.15, 0.2) is 97.7 Å². The number of para-hydroxylation sites is 1. The summed E-state index contributed by atoms with van der Waals surface area (Å²) >= 11 is 0. The van der Waals surface area contributed by atoms with E-state index in [1.807, 2.05) is 65.4 Å². The van der Waals surface area contributed by atoms with E-state index in [0.29, 0.717) is 35.0 Å². The molecule has 5 atom stereocenters. The largest absolute Gasteiger partial charge is 1.00 e. The lowest BCUT2D eigenvalue weighted by molar-refractivity contribution is -0.985. The van der Waals surface area contributed by atoms with Gasteiger partial charge >= 0.3 is 6.18 Å². The van der Waals surface area contributed by atoms with Gasteiger partial charge in [0.15, 0.2) is 12.7 Å². The lowest BCUT2D eigenvalue weighted by Gasteiger charge is -2.58. The molecular formula is C35H34Br2F3N3O. The molecule has 3 aliphatic heterocycles. The fraction of sp³-hybridized carbons (Fsp3) is 0.314. The van der Waals surface area contributed by atoms with Crippen LogP contribution in [0.25, 0.3) is 10.9 Å². The van der Waals surface area contributed by atoms with Crippen LogP contribution in [0.1, 0.15) is 46.8 Å². The smallest absolute Gasteiger partial charge is 0.416 e. The lowest BCUT2D eigenvalue weighted by atomic mass is 9.71. The third-order valence-electron chi connectivity index (χ3n) is 9.57. The van der Waals surface area contributed by atoms with Crippen LogP contribution < -0.4 is 38.5 Å². The number of pyridine rings is 1. The van der Waals surface area contributed by atoms with Gasteiger partial charge in [0, 0.05) is 47.6 Å². The zero-order valence-electron chi connectivity index (χ0n) is 24.1. The highest BCUT2D eigenvalue weighted by molar-refractivity contribution is 5.79. The number of hydrogen-bond acceptors (Lipinski definition) is 2. The Hall–Kier alpha value is -3.03. The Bertz CT molecular complexity index is 1670. The maximum absolute atomic E-state index is 13.1.